The van der Waals surface area contributed by atoms with Gasteiger partial charge in [0.15, 0.2) is 0 Å². The largest absolute Gasteiger partial charge is 0.352 e. The number of hydrogen-bond donors (Lipinski definition) is 2. The number of para-hydroxylation sites is 1. The van der Waals surface area contributed by atoms with E-state index in [1.807, 2.05) is 50.2 Å². The Morgan fingerprint density at radius 1 is 1.00 bits per heavy atom. The molecule has 2 N–H and O–H groups in total. The lowest BCUT2D eigenvalue weighted by atomic mass is 10.0. The second-order valence-electron chi connectivity index (χ2n) is 8.07. The van der Waals surface area contributed by atoms with Crippen LogP contribution >= 0.6 is 15.9 Å². The third kappa shape index (κ3) is 5.75. The molecule has 168 valence electrons. The van der Waals surface area contributed by atoms with Crippen molar-refractivity contribution in [3.8, 4) is 0 Å². The molecule has 3 rings (SSSR count). The van der Waals surface area contributed by atoms with E-state index in [9.17, 15) is 9.59 Å². The summed E-state index contributed by atoms with van der Waals surface area (Å²) < 4.78 is 1.04. The molecule has 3 aromatic carbocycles. The van der Waals surface area contributed by atoms with E-state index in [2.05, 4.69) is 50.8 Å². The molecule has 0 fully saturated rings. The fraction of sp³-hybridized carbons (Fsp3) is 0.308. The normalized spacial score (nSPS) is 12.9. The van der Waals surface area contributed by atoms with Crippen molar-refractivity contribution >= 4 is 44.7 Å². The molecule has 0 aliphatic carbocycles. The lowest BCUT2D eigenvalue weighted by Gasteiger charge is -2.23. The first-order valence-corrected chi connectivity index (χ1v) is 11.7. The van der Waals surface area contributed by atoms with E-state index in [4.69, 9.17) is 0 Å². The lowest BCUT2D eigenvalue weighted by Crippen LogP contribution is -2.44. The van der Waals surface area contributed by atoms with Gasteiger partial charge in [-0.3, -0.25) is 9.59 Å². The summed E-state index contributed by atoms with van der Waals surface area (Å²) in [6.07, 6.45) is 2.44. The first-order valence-electron chi connectivity index (χ1n) is 10.9. The van der Waals surface area contributed by atoms with Crippen molar-refractivity contribution in [2.45, 2.75) is 45.3 Å². The van der Waals surface area contributed by atoms with Crippen molar-refractivity contribution in [3.63, 3.8) is 0 Å². The van der Waals surface area contributed by atoms with Gasteiger partial charge >= 0.3 is 0 Å². The zero-order valence-electron chi connectivity index (χ0n) is 18.8. The Morgan fingerprint density at radius 2 is 1.69 bits per heavy atom. The first kappa shape index (κ1) is 24.0. The summed E-state index contributed by atoms with van der Waals surface area (Å²) in [6.45, 7) is 4.33. The Kier molecular flexibility index (Phi) is 8.42. The summed E-state index contributed by atoms with van der Waals surface area (Å²) in [6, 6.07) is 20.1. The monoisotopic (exact) mass is 495 g/mol. The van der Waals surface area contributed by atoms with Crippen LogP contribution in [0.5, 0.6) is 0 Å². The number of nitrogens with one attached hydrogen (secondary N) is 2. The number of aryl methyl sites for hydroxylation is 1. The number of carbonyl (C=O) groups is 2. The predicted molar refractivity (Wildman–Crippen MR) is 135 cm³/mol. The smallest absolute Gasteiger partial charge is 0.237 e. The molecular formula is C26H30BrN3O2. The number of benzene rings is 3. The molecular weight excluding hydrogens is 466 g/mol. The molecule has 0 heterocycles. The van der Waals surface area contributed by atoms with Gasteiger partial charge in [-0.05, 0) is 67.8 Å². The van der Waals surface area contributed by atoms with Crippen LogP contribution in [0.15, 0.2) is 65.1 Å². The molecule has 0 saturated heterocycles. The molecule has 1 unspecified atom stereocenters. The highest BCUT2D eigenvalue weighted by Gasteiger charge is 2.16. The highest BCUT2D eigenvalue weighted by molar-refractivity contribution is 9.10. The van der Waals surface area contributed by atoms with E-state index in [-0.39, 0.29) is 18.0 Å². The van der Waals surface area contributed by atoms with Crippen molar-refractivity contribution in [1.29, 1.82) is 0 Å². The third-order valence-corrected chi connectivity index (χ3v) is 6.48. The van der Waals surface area contributed by atoms with Crippen molar-refractivity contribution in [1.82, 2.24) is 10.6 Å². The van der Waals surface area contributed by atoms with Gasteiger partial charge in [0.25, 0.3) is 0 Å². The van der Waals surface area contributed by atoms with Crippen molar-refractivity contribution in [3.05, 3.63) is 76.3 Å². The SMILES string of the molecule is CN[C@@H](C)C(=O)NC(C)CCc1ccccc1N(C=O)Cc1ccc(Br)c2ccccc12. The van der Waals surface area contributed by atoms with Gasteiger partial charge in [-0.1, -0.05) is 64.5 Å². The van der Waals surface area contributed by atoms with Crippen LogP contribution in [-0.2, 0) is 22.6 Å². The van der Waals surface area contributed by atoms with Crippen LogP contribution in [-0.4, -0.2) is 31.4 Å². The van der Waals surface area contributed by atoms with Crippen LogP contribution in [0.4, 0.5) is 5.69 Å². The Morgan fingerprint density at radius 3 is 2.41 bits per heavy atom. The Labute approximate surface area is 198 Å². The number of halogens is 1. The summed E-state index contributed by atoms with van der Waals surface area (Å²) in [5, 5.41) is 8.25. The van der Waals surface area contributed by atoms with Gasteiger partial charge in [0.05, 0.1) is 12.6 Å². The Balaban J connectivity index is 1.77. The summed E-state index contributed by atoms with van der Waals surface area (Å²) in [5.74, 6) is -0.00933. The van der Waals surface area contributed by atoms with E-state index >= 15 is 0 Å². The van der Waals surface area contributed by atoms with E-state index < -0.39 is 0 Å². The number of fused-ring (bicyclic) bond motifs is 1. The quantitative estimate of drug-likeness (QED) is 0.396. The number of likely N-dealkylation sites (N-methyl/N-ethyl adjacent to an activating group) is 1. The molecule has 2 atom stereocenters. The fourth-order valence-electron chi connectivity index (χ4n) is 3.77. The summed E-state index contributed by atoms with van der Waals surface area (Å²) >= 11 is 3.62. The average molecular weight is 496 g/mol. The average Bonchev–Trinajstić information content (AvgIpc) is 2.82. The molecule has 0 radical (unpaired) electrons. The highest BCUT2D eigenvalue weighted by Crippen LogP contribution is 2.29. The maximum Gasteiger partial charge on any atom is 0.237 e. The molecule has 0 aliphatic rings. The van der Waals surface area contributed by atoms with E-state index in [0.29, 0.717) is 6.54 Å². The molecule has 32 heavy (non-hydrogen) atoms. The summed E-state index contributed by atoms with van der Waals surface area (Å²) in [7, 11) is 1.77. The zero-order chi connectivity index (χ0) is 23.1. The van der Waals surface area contributed by atoms with Crippen LogP contribution in [0.25, 0.3) is 10.8 Å². The molecule has 0 spiro atoms. The molecule has 0 aromatic heterocycles. The van der Waals surface area contributed by atoms with Crippen molar-refractivity contribution in [2.75, 3.05) is 11.9 Å². The van der Waals surface area contributed by atoms with Crippen LogP contribution < -0.4 is 15.5 Å². The summed E-state index contributed by atoms with van der Waals surface area (Å²) in [5.41, 5.74) is 3.08. The van der Waals surface area contributed by atoms with E-state index in [1.54, 1.807) is 11.9 Å². The van der Waals surface area contributed by atoms with Crippen LogP contribution in [0, 0.1) is 0 Å². The Bertz CT molecular complexity index is 1090. The van der Waals surface area contributed by atoms with Gasteiger partial charge in [-0.2, -0.15) is 0 Å². The molecule has 3 aromatic rings. The van der Waals surface area contributed by atoms with Gasteiger partial charge in [0.2, 0.25) is 12.3 Å². The third-order valence-electron chi connectivity index (χ3n) is 5.79. The molecule has 0 bridgehead atoms. The minimum Gasteiger partial charge on any atom is -0.352 e. The topological polar surface area (TPSA) is 61.4 Å². The second-order valence-corrected chi connectivity index (χ2v) is 8.93. The lowest BCUT2D eigenvalue weighted by molar-refractivity contribution is -0.123. The zero-order valence-corrected chi connectivity index (χ0v) is 20.4. The molecule has 2 amide bonds. The van der Waals surface area contributed by atoms with Gasteiger partial charge in [-0.25, -0.2) is 0 Å². The van der Waals surface area contributed by atoms with E-state index in [1.165, 1.54) is 0 Å². The predicted octanol–water partition coefficient (Wildman–Crippen LogP) is 4.81. The minimum atomic E-state index is -0.226. The Hall–Kier alpha value is -2.70. The highest BCUT2D eigenvalue weighted by atomic mass is 79.9. The van der Waals surface area contributed by atoms with Gasteiger partial charge in [0, 0.05) is 16.2 Å². The minimum absolute atomic E-state index is 0.00933. The number of amides is 2. The summed E-state index contributed by atoms with van der Waals surface area (Å²) in [4.78, 5) is 26.0. The maximum absolute atomic E-state index is 12.1. The maximum atomic E-state index is 12.1. The number of nitrogens with zero attached hydrogens (tertiary/aromatic N) is 1. The van der Waals surface area contributed by atoms with Gasteiger partial charge in [-0.15, -0.1) is 0 Å². The standard InChI is InChI=1S/C26H30BrN3O2/c1-18(29-26(32)19(2)28-3)12-13-20-8-4-7-11-25(20)30(17-31)16-21-14-15-24(27)23-10-6-5-9-22(21)23/h4-11,14-15,17-19,28H,12-13,16H2,1-3H3,(H,29,32)/t18?,19-/m0/s1. The molecule has 0 saturated carbocycles. The number of rotatable bonds is 10. The van der Waals surface area contributed by atoms with Crippen molar-refractivity contribution in [2.24, 2.45) is 0 Å². The number of anilines is 1. The first-order chi connectivity index (χ1) is 15.4. The van der Waals surface area contributed by atoms with Crippen molar-refractivity contribution < 1.29 is 9.59 Å². The fourth-order valence-corrected chi connectivity index (χ4v) is 4.25. The molecule has 5 nitrogen and oxygen atoms in total. The number of carbonyl (C=O) groups excluding carboxylic acids is 2. The second kappa shape index (κ2) is 11.2. The van der Waals surface area contributed by atoms with Crippen LogP contribution in [0.3, 0.4) is 0 Å². The van der Waals surface area contributed by atoms with Crippen LogP contribution in [0.1, 0.15) is 31.4 Å². The van der Waals surface area contributed by atoms with Gasteiger partial charge in [0.1, 0.15) is 0 Å². The molecule has 0 aliphatic heterocycles. The molecule has 6 heteroatoms. The van der Waals surface area contributed by atoms with Gasteiger partial charge < -0.3 is 15.5 Å². The number of hydrogen-bond acceptors (Lipinski definition) is 3. The van der Waals surface area contributed by atoms with Crippen LogP contribution in [0.2, 0.25) is 0 Å². The van der Waals surface area contributed by atoms with E-state index in [0.717, 1.165) is 51.3 Å².